The Balaban J connectivity index is 2.35. The minimum Gasteiger partial charge on any atom is -0.494 e. The van der Waals surface area contributed by atoms with Crippen molar-refractivity contribution in [3.63, 3.8) is 0 Å². The number of rotatable bonds is 5. The van der Waals surface area contributed by atoms with E-state index in [1.54, 1.807) is 0 Å². The molecule has 0 fully saturated rings. The molecule has 0 aliphatic heterocycles. The van der Waals surface area contributed by atoms with Crippen molar-refractivity contribution in [2.75, 3.05) is 13.7 Å². The van der Waals surface area contributed by atoms with Crippen LogP contribution in [0.3, 0.4) is 0 Å². The quantitative estimate of drug-likeness (QED) is 0.888. The van der Waals surface area contributed by atoms with Crippen molar-refractivity contribution in [3.05, 3.63) is 28.7 Å². The zero-order valence-electron chi connectivity index (χ0n) is 9.51. The Kier molecular flexibility index (Phi) is 4.61. The third-order valence-electron chi connectivity index (χ3n) is 2.49. The first-order valence-electron chi connectivity index (χ1n) is 5.11. The van der Waals surface area contributed by atoms with Crippen LogP contribution in [-0.4, -0.2) is 19.2 Å². The highest BCUT2D eigenvalue weighted by molar-refractivity contribution is 9.10. The smallest absolute Gasteiger partial charge is 0.119 e. The number of ether oxygens (including phenoxy) is 1. The summed E-state index contributed by atoms with van der Waals surface area (Å²) in [6.45, 7) is 5.06. The molecular weight excluding hydrogens is 254 g/mol. The number of hydrogen-bond acceptors (Lipinski definition) is 2. The van der Waals surface area contributed by atoms with Crippen molar-refractivity contribution in [2.45, 2.75) is 25.8 Å². The van der Waals surface area contributed by atoms with Gasteiger partial charge in [0.1, 0.15) is 5.75 Å². The van der Waals surface area contributed by atoms with Crippen LogP contribution in [0.25, 0.3) is 0 Å². The maximum atomic E-state index is 5.64. The highest BCUT2D eigenvalue weighted by atomic mass is 79.9. The van der Waals surface area contributed by atoms with Crippen LogP contribution in [0.4, 0.5) is 0 Å². The van der Waals surface area contributed by atoms with E-state index >= 15 is 0 Å². The number of benzene rings is 1. The molecule has 0 unspecified atom stereocenters. The number of nitrogens with one attached hydrogen (secondary N) is 1. The topological polar surface area (TPSA) is 21.3 Å². The molecule has 0 bridgehead atoms. The standard InChI is InChI=1S/C12H18BrNO/c1-12(2,14-3)8-9-15-11-6-4-10(13)5-7-11/h4-7,14H,8-9H2,1-3H3. The monoisotopic (exact) mass is 271 g/mol. The first-order chi connectivity index (χ1) is 7.03. The highest BCUT2D eigenvalue weighted by Gasteiger charge is 2.13. The molecule has 0 radical (unpaired) electrons. The van der Waals surface area contributed by atoms with Gasteiger partial charge in [-0.25, -0.2) is 0 Å². The van der Waals surface area contributed by atoms with Crippen LogP contribution in [0.1, 0.15) is 20.3 Å². The lowest BCUT2D eigenvalue weighted by Gasteiger charge is -2.23. The summed E-state index contributed by atoms with van der Waals surface area (Å²) < 4.78 is 6.71. The van der Waals surface area contributed by atoms with Crippen molar-refractivity contribution in [2.24, 2.45) is 0 Å². The second kappa shape index (κ2) is 5.52. The van der Waals surface area contributed by atoms with Crippen LogP contribution < -0.4 is 10.1 Å². The van der Waals surface area contributed by atoms with E-state index in [0.29, 0.717) is 0 Å². The Labute approximate surface area is 100 Å². The predicted molar refractivity (Wildman–Crippen MR) is 67.4 cm³/mol. The molecule has 0 aliphatic rings. The minimum absolute atomic E-state index is 0.134. The van der Waals surface area contributed by atoms with Gasteiger partial charge in [-0.15, -0.1) is 0 Å². The van der Waals surface area contributed by atoms with Crippen LogP contribution in [-0.2, 0) is 0 Å². The van der Waals surface area contributed by atoms with Crippen molar-refractivity contribution in [1.82, 2.24) is 5.32 Å². The summed E-state index contributed by atoms with van der Waals surface area (Å²) in [5, 5.41) is 3.25. The fourth-order valence-corrected chi connectivity index (χ4v) is 1.34. The Morgan fingerprint density at radius 1 is 1.27 bits per heavy atom. The first kappa shape index (κ1) is 12.5. The second-order valence-electron chi connectivity index (χ2n) is 4.19. The normalized spacial score (nSPS) is 11.5. The molecule has 0 atom stereocenters. The average Bonchev–Trinajstić information content (AvgIpc) is 2.21. The van der Waals surface area contributed by atoms with Gasteiger partial charge < -0.3 is 10.1 Å². The predicted octanol–water partition coefficient (Wildman–Crippen LogP) is 3.22. The third kappa shape index (κ3) is 4.67. The van der Waals surface area contributed by atoms with Gasteiger partial charge in [0.25, 0.3) is 0 Å². The number of halogens is 1. The Bertz CT molecular complexity index is 295. The lowest BCUT2D eigenvalue weighted by atomic mass is 10.0. The fraction of sp³-hybridized carbons (Fsp3) is 0.500. The average molecular weight is 272 g/mol. The maximum absolute atomic E-state index is 5.64. The van der Waals surface area contributed by atoms with Crippen molar-refractivity contribution < 1.29 is 4.74 Å². The van der Waals surface area contributed by atoms with Crippen LogP contribution >= 0.6 is 15.9 Å². The molecule has 0 aromatic heterocycles. The number of hydrogen-bond donors (Lipinski definition) is 1. The largest absolute Gasteiger partial charge is 0.494 e. The molecule has 1 N–H and O–H groups in total. The van der Waals surface area contributed by atoms with Crippen molar-refractivity contribution in [3.8, 4) is 5.75 Å². The molecule has 0 spiro atoms. The zero-order chi connectivity index (χ0) is 11.3. The molecule has 1 rings (SSSR count). The fourth-order valence-electron chi connectivity index (χ4n) is 1.08. The van der Waals surface area contributed by atoms with Gasteiger partial charge >= 0.3 is 0 Å². The molecule has 0 saturated heterocycles. The van der Waals surface area contributed by atoms with Crippen molar-refractivity contribution >= 4 is 15.9 Å². The van der Waals surface area contributed by atoms with E-state index < -0.39 is 0 Å². The maximum Gasteiger partial charge on any atom is 0.119 e. The summed E-state index contributed by atoms with van der Waals surface area (Å²) in [6, 6.07) is 7.91. The lowest BCUT2D eigenvalue weighted by molar-refractivity contribution is 0.256. The van der Waals surface area contributed by atoms with Crippen LogP contribution in [0.2, 0.25) is 0 Å². The summed E-state index contributed by atoms with van der Waals surface area (Å²) >= 11 is 3.39. The lowest BCUT2D eigenvalue weighted by Crippen LogP contribution is -2.37. The summed E-state index contributed by atoms with van der Waals surface area (Å²) in [5.74, 6) is 0.921. The highest BCUT2D eigenvalue weighted by Crippen LogP contribution is 2.17. The van der Waals surface area contributed by atoms with Crippen LogP contribution in [0, 0.1) is 0 Å². The zero-order valence-corrected chi connectivity index (χ0v) is 11.1. The molecule has 2 nitrogen and oxygen atoms in total. The SMILES string of the molecule is CNC(C)(C)CCOc1ccc(Br)cc1. The van der Waals surface area contributed by atoms with Crippen LogP contribution in [0.15, 0.2) is 28.7 Å². The van der Waals surface area contributed by atoms with Gasteiger partial charge in [-0.2, -0.15) is 0 Å². The Hall–Kier alpha value is -0.540. The van der Waals surface area contributed by atoms with E-state index in [-0.39, 0.29) is 5.54 Å². The van der Waals surface area contributed by atoms with Gasteiger partial charge in [-0.3, -0.25) is 0 Å². The van der Waals surface area contributed by atoms with Gasteiger partial charge in [-0.1, -0.05) is 15.9 Å². The van der Waals surface area contributed by atoms with E-state index in [2.05, 4.69) is 35.1 Å². The van der Waals surface area contributed by atoms with Gasteiger partial charge in [-0.05, 0) is 51.6 Å². The van der Waals surface area contributed by atoms with E-state index in [0.717, 1.165) is 23.2 Å². The molecular formula is C12H18BrNO. The molecule has 84 valence electrons. The van der Waals surface area contributed by atoms with Gasteiger partial charge in [0, 0.05) is 10.0 Å². The molecule has 0 aliphatic carbocycles. The summed E-state index contributed by atoms with van der Waals surface area (Å²) in [7, 11) is 1.97. The summed E-state index contributed by atoms with van der Waals surface area (Å²) in [6.07, 6.45) is 0.986. The first-order valence-corrected chi connectivity index (χ1v) is 5.90. The van der Waals surface area contributed by atoms with E-state index in [1.165, 1.54) is 0 Å². The van der Waals surface area contributed by atoms with E-state index in [1.807, 2.05) is 31.3 Å². The Morgan fingerprint density at radius 3 is 2.40 bits per heavy atom. The molecule has 3 heteroatoms. The molecule has 0 heterocycles. The minimum atomic E-state index is 0.134. The Morgan fingerprint density at radius 2 is 1.87 bits per heavy atom. The molecule has 0 saturated carbocycles. The van der Waals surface area contributed by atoms with Crippen LogP contribution in [0.5, 0.6) is 5.75 Å². The molecule has 0 amide bonds. The van der Waals surface area contributed by atoms with Gasteiger partial charge in [0.2, 0.25) is 0 Å². The third-order valence-corrected chi connectivity index (χ3v) is 3.01. The van der Waals surface area contributed by atoms with Gasteiger partial charge in [0.15, 0.2) is 0 Å². The summed E-state index contributed by atoms with van der Waals surface area (Å²) in [4.78, 5) is 0. The molecule has 1 aromatic rings. The summed E-state index contributed by atoms with van der Waals surface area (Å²) in [5.41, 5.74) is 0.134. The van der Waals surface area contributed by atoms with Gasteiger partial charge in [0.05, 0.1) is 6.61 Å². The second-order valence-corrected chi connectivity index (χ2v) is 5.10. The molecule has 15 heavy (non-hydrogen) atoms. The molecule has 1 aromatic carbocycles. The van der Waals surface area contributed by atoms with E-state index in [4.69, 9.17) is 4.74 Å². The van der Waals surface area contributed by atoms with Crippen molar-refractivity contribution in [1.29, 1.82) is 0 Å². The van der Waals surface area contributed by atoms with E-state index in [9.17, 15) is 0 Å².